The van der Waals surface area contributed by atoms with E-state index < -0.39 is 12.1 Å². The molecule has 116 valence electrons. The Morgan fingerprint density at radius 3 is 2.24 bits per heavy atom. The number of hydrogen-bond donors (Lipinski definition) is 2. The Labute approximate surface area is 127 Å². The smallest absolute Gasteiger partial charge is 0.337 e. The van der Waals surface area contributed by atoms with Crippen molar-refractivity contribution in [1.82, 2.24) is 0 Å². The number of aliphatic hydroxyl groups excluding tert-OH is 1. The van der Waals surface area contributed by atoms with Crippen LogP contribution in [0.1, 0.15) is 69.6 Å². The zero-order valence-corrected chi connectivity index (χ0v) is 13.2. The predicted molar refractivity (Wildman–Crippen MR) is 83.2 cm³/mol. The van der Waals surface area contributed by atoms with Crippen LogP contribution in [0.2, 0.25) is 0 Å². The van der Waals surface area contributed by atoms with Gasteiger partial charge in [-0.1, -0.05) is 45.0 Å². The van der Waals surface area contributed by atoms with Gasteiger partial charge in [0.15, 0.2) is 6.10 Å². The van der Waals surface area contributed by atoms with Crippen molar-refractivity contribution in [3.05, 3.63) is 35.4 Å². The maximum atomic E-state index is 11.1. The Balaban J connectivity index is 2.16. The number of rotatable bonds is 3. The third-order valence-corrected chi connectivity index (χ3v) is 4.92. The molecule has 1 unspecified atom stereocenters. The van der Waals surface area contributed by atoms with Crippen LogP contribution >= 0.6 is 0 Å². The molecule has 0 saturated heterocycles. The molecule has 1 fully saturated rings. The van der Waals surface area contributed by atoms with Crippen molar-refractivity contribution < 1.29 is 15.0 Å². The summed E-state index contributed by atoms with van der Waals surface area (Å²) in [5, 5.41) is 18.9. The van der Waals surface area contributed by atoms with Crippen LogP contribution in [-0.4, -0.2) is 16.2 Å². The maximum Gasteiger partial charge on any atom is 0.337 e. The molecule has 0 bridgehead atoms. The van der Waals surface area contributed by atoms with Gasteiger partial charge >= 0.3 is 5.97 Å². The average Bonchev–Trinajstić information content (AvgIpc) is 2.45. The predicted octanol–water partition coefficient (Wildman–Crippen LogP) is 4.12. The summed E-state index contributed by atoms with van der Waals surface area (Å²) in [4.78, 5) is 11.1. The number of carbonyl (C=O) groups is 1. The molecule has 0 aliphatic heterocycles. The van der Waals surface area contributed by atoms with E-state index in [9.17, 15) is 9.90 Å². The Bertz CT molecular complexity index is 493. The number of carboxylic acid groups (broad SMARTS) is 1. The van der Waals surface area contributed by atoms with E-state index in [0.29, 0.717) is 16.9 Å². The molecular formula is C18H26O3. The minimum atomic E-state index is -1.42. The minimum absolute atomic E-state index is 0.338. The highest BCUT2D eigenvalue weighted by Crippen LogP contribution is 2.44. The molecule has 1 aliphatic rings. The maximum absolute atomic E-state index is 11.1. The summed E-state index contributed by atoms with van der Waals surface area (Å²) in [6.45, 7) is 6.88. The van der Waals surface area contributed by atoms with Gasteiger partial charge in [0.1, 0.15) is 0 Å². The lowest BCUT2D eigenvalue weighted by Gasteiger charge is -2.37. The van der Waals surface area contributed by atoms with E-state index in [2.05, 4.69) is 20.8 Å². The Morgan fingerprint density at radius 1 is 1.14 bits per heavy atom. The molecule has 2 N–H and O–H groups in total. The zero-order valence-electron chi connectivity index (χ0n) is 13.2. The lowest BCUT2D eigenvalue weighted by atomic mass is 9.68. The summed E-state index contributed by atoms with van der Waals surface area (Å²) in [5.74, 6) is -0.0788. The van der Waals surface area contributed by atoms with Crippen molar-refractivity contribution in [2.75, 3.05) is 0 Å². The number of hydrogen-bond acceptors (Lipinski definition) is 2. The number of aliphatic carboxylic acids is 1. The zero-order chi connectivity index (χ0) is 15.6. The monoisotopic (exact) mass is 290 g/mol. The van der Waals surface area contributed by atoms with Gasteiger partial charge < -0.3 is 10.2 Å². The molecule has 3 nitrogen and oxygen atoms in total. The third-order valence-electron chi connectivity index (χ3n) is 4.92. The van der Waals surface area contributed by atoms with Gasteiger partial charge in [-0.25, -0.2) is 4.79 Å². The lowest BCUT2D eigenvalue weighted by molar-refractivity contribution is -0.147. The molecule has 0 radical (unpaired) electrons. The second kappa shape index (κ2) is 6.18. The Hall–Kier alpha value is -1.35. The van der Waals surface area contributed by atoms with E-state index in [0.717, 1.165) is 24.3 Å². The Morgan fingerprint density at radius 2 is 1.71 bits per heavy atom. The number of benzene rings is 1. The highest BCUT2D eigenvalue weighted by atomic mass is 16.4. The first-order valence-corrected chi connectivity index (χ1v) is 7.80. The van der Waals surface area contributed by atoms with Gasteiger partial charge in [-0.15, -0.1) is 0 Å². The summed E-state index contributed by atoms with van der Waals surface area (Å²) in [6, 6.07) is 7.45. The van der Waals surface area contributed by atoms with Gasteiger partial charge in [-0.05, 0) is 54.1 Å². The molecule has 1 saturated carbocycles. The standard InChI is InChI=1S/C18H26O3/c1-18(2,3)13-10-8-12(9-11-13)14-6-4-5-7-15(14)16(19)17(20)21/h4-7,12-13,16,19H,8-11H2,1-3H3,(H,20,21). The van der Waals surface area contributed by atoms with Crippen molar-refractivity contribution in [3.63, 3.8) is 0 Å². The van der Waals surface area contributed by atoms with Gasteiger partial charge in [-0.2, -0.15) is 0 Å². The third kappa shape index (κ3) is 3.65. The average molecular weight is 290 g/mol. The summed E-state index contributed by atoms with van der Waals surface area (Å²) >= 11 is 0. The van der Waals surface area contributed by atoms with Crippen molar-refractivity contribution in [3.8, 4) is 0 Å². The summed E-state index contributed by atoms with van der Waals surface area (Å²) in [7, 11) is 0. The minimum Gasteiger partial charge on any atom is -0.479 e. The van der Waals surface area contributed by atoms with Crippen molar-refractivity contribution in [2.45, 2.75) is 58.5 Å². The fourth-order valence-corrected chi connectivity index (χ4v) is 3.54. The highest BCUT2D eigenvalue weighted by Gasteiger charge is 2.32. The quantitative estimate of drug-likeness (QED) is 0.880. The lowest BCUT2D eigenvalue weighted by Crippen LogP contribution is -2.26. The van der Waals surface area contributed by atoms with E-state index in [4.69, 9.17) is 5.11 Å². The first kappa shape index (κ1) is 16.0. The van der Waals surface area contributed by atoms with Crippen LogP contribution in [0.4, 0.5) is 0 Å². The van der Waals surface area contributed by atoms with E-state index in [1.165, 1.54) is 12.8 Å². The largest absolute Gasteiger partial charge is 0.479 e. The Kier molecular flexibility index (Phi) is 4.72. The SMILES string of the molecule is CC(C)(C)C1CCC(c2ccccc2C(O)C(=O)O)CC1. The van der Waals surface area contributed by atoms with Crippen LogP contribution < -0.4 is 0 Å². The van der Waals surface area contributed by atoms with E-state index in [1.807, 2.05) is 12.1 Å². The molecule has 3 heteroatoms. The molecule has 1 aliphatic carbocycles. The van der Waals surface area contributed by atoms with Gasteiger partial charge in [-0.3, -0.25) is 0 Å². The van der Waals surface area contributed by atoms with Crippen molar-refractivity contribution >= 4 is 5.97 Å². The molecule has 0 aromatic heterocycles. The summed E-state index contributed by atoms with van der Waals surface area (Å²) in [6.07, 6.45) is 3.08. The summed E-state index contributed by atoms with van der Waals surface area (Å²) < 4.78 is 0. The molecule has 0 heterocycles. The normalized spacial score (nSPS) is 24.6. The molecule has 1 aromatic carbocycles. The van der Waals surface area contributed by atoms with Crippen LogP contribution in [-0.2, 0) is 4.79 Å². The van der Waals surface area contributed by atoms with Crippen LogP contribution in [0.25, 0.3) is 0 Å². The first-order valence-electron chi connectivity index (χ1n) is 7.80. The summed E-state index contributed by atoms with van der Waals surface area (Å²) in [5.41, 5.74) is 1.91. The van der Waals surface area contributed by atoms with Gasteiger partial charge in [0, 0.05) is 0 Å². The molecule has 2 rings (SSSR count). The molecule has 1 atom stereocenters. The molecule has 0 spiro atoms. The van der Waals surface area contributed by atoms with Crippen molar-refractivity contribution in [2.24, 2.45) is 11.3 Å². The van der Waals surface area contributed by atoms with Gasteiger partial charge in [0.05, 0.1) is 0 Å². The van der Waals surface area contributed by atoms with Gasteiger partial charge in [0.2, 0.25) is 0 Å². The number of aliphatic hydroxyl groups is 1. The fraction of sp³-hybridized carbons (Fsp3) is 0.611. The second-order valence-electron chi connectivity index (χ2n) is 7.28. The topological polar surface area (TPSA) is 57.5 Å². The first-order chi connectivity index (χ1) is 9.80. The van der Waals surface area contributed by atoms with Crippen molar-refractivity contribution in [1.29, 1.82) is 0 Å². The van der Waals surface area contributed by atoms with Crippen LogP contribution in [0.5, 0.6) is 0 Å². The number of carboxylic acids is 1. The van der Waals surface area contributed by atoms with Crippen LogP contribution in [0.3, 0.4) is 0 Å². The van der Waals surface area contributed by atoms with Crippen LogP contribution in [0.15, 0.2) is 24.3 Å². The molecule has 1 aromatic rings. The second-order valence-corrected chi connectivity index (χ2v) is 7.28. The molecule has 0 amide bonds. The van der Waals surface area contributed by atoms with E-state index in [-0.39, 0.29) is 0 Å². The fourth-order valence-electron chi connectivity index (χ4n) is 3.54. The highest BCUT2D eigenvalue weighted by molar-refractivity contribution is 5.74. The van der Waals surface area contributed by atoms with E-state index >= 15 is 0 Å². The van der Waals surface area contributed by atoms with Crippen LogP contribution in [0, 0.1) is 11.3 Å². The molecule has 21 heavy (non-hydrogen) atoms. The molecular weight excluding hydrogens is 264 g/mol. The van der Waals surface area contributed by atoms with E-state index in [1.54, 1.807) is 12.1 Å². The van der Waals surface area contributed by atoms with Gasteiger partial charge in [0.25, 0.3) is 0 Å².